The number of rotatable bonds is 8. The Morgan fingerprint density at radius 1 is 1.53 bits per heavy atom. The van der Waals surface area contributed by atoms with Crippen LogP contribution in [-0.4, -0.2) is 41.1 Å². The van der Waals surface area contributed by atoms with Crippen molar-refractivity contribution in [2.24, 2.45) is 5.73 Å². The Morgan fingerprint density at radius 2 is 2.20 bits per heavy atom. The number of unbranched alkanes of at least 4 members (excludes halogenated alkanes) is 1. The fourth-order valence-corrected chi connectivity index (χ4v) is 1.70. The van der Waals surface area contributed by atoms with Crippen LogP contribution in [0.4, 0.5) is 0 Å². The van der Waals surface area contributed by atoms with E-state index in [4.69, 9.17) is 10.8 Å². The third kappa shape index (κ3) is 8.26. The Kier molecular flexibility index (Phi) is 8.12. The third-order valence-corrected chi connectivity index (χ3v) is 2.74. The molecule has 0 radical (unpaired) electrons. The summed E-state index contributed by atoms with van der Waals surface area (Å²) >= 11 is 1.54. The van der Waals surface area contributed by atoms with Crippen molar-refractivity contribution in [1.82, 2.24) is 5.32 Å². The molecule has 5 nitrogen and oxygen atoms in total. The van der Waals surface area contributed by atoms with Crippen molar-refractivity contribution in [3.8, 4) is 0 Å². The molecular weight excluding hydrogens is 216 g/mol. The monoisotopic (exact) mass is 234 g/mol. The van der Waals surface area contributed by atoms with Gasteiger partial charge >= 0.3 is 0 Å². The lowest BCUT2D eigenvalue weighted by Crippen LogP contribution is -2.40. The summed E-state index contributed by atoms with van der Waals surface area (Å²) in [6, 6.07) is 0. The van der Waals surface area contributed by atoms with Gasteiger partial charge in [-0.15, -0.1) is 0 Å². The van der Waals surface area contributed by atoms with Gasteiger partial charge in [0.25, 0.3) is 0 Å². The lowest BCUT2D eigenvalue weighted by atomic mass is 10.3. The zero-order valence-electron chi connectivity index (χ0n) is 8.86. The molecule has 4 N–H and O–H groups in total. The second-order valence-electron chi connectivity index (χ2n) is 3.13. The lowest BCUT2D eigenvalue weighted by Gasteiger charge is -2.07. The predicted molar refractivity (Wildman–Crippen MR) is 60.4 cm³/mol. The van der Waals surface area contributed by atoms with Gasteiger partial charge in [-0.3, -0.25) is 9.59 Å². The van der Waals surface area contributed by atoms with Gasteiger partial charge in [0.1, 0.15) is 6.10 Å². The van der Waals surface area contributed by atoms with Crippen LogP contribution in [0.3, 0.4) is 0 Å². The van der Waals surface area contributed by atoms with Gasteiger partial charge < -0.3 is 16.2 Å². The predicted octanol–water partition coefficient (Wildman–Crippen LogP) is -0.518. The minimum absolute atomic E-state index is 0.109. The first-order valence-electron chi connectivity index (χ1n) is 4.89. The molecule has 0 aliphatic rings. The van der Waals surface area contributed by atoms with Crippen LogP contribution >= 0.6 is 11.8 Å². The first-order valence-corrected chi connectivity index (χ1v) is 6.05. The molecule has 0 aliphatic heterocycles. The average Bonchev–Trinajstić information content (AvgIpc) is 2.20. The number of primary amides is 1. The highest BCUT2D eigenvalue weighted by Crippen LogP contribution is 2.03. The summed E-state index contributed by atoms with van der Waals surface area (Å²) < 4.78 is 0. The van der Waals surface area contributed by atoms with Crippen LogP contribution in [0.5, 0.6) is 0 Å². The molecule has 1 atom stereocenters. The smallest absolute Gasteiger partial charge is 0.248 e. The van der Waals surface area contributed by atoms with Gasteiger partial charge in [-0.1, -0.05) is 13.3 Å². The summed E-state index contributed by atoms with van der Waals surface area (Å²) in [6.07, 6.45) is 0.895. The zero-order chi connectivity index (χ0) is 11.7. The van der Waals surface area contributed by atoms with Crippen LogP contribution in [0.15, 0.2) is 0 Å². The van der Waals surface area contributed by atoms with Gasteiger partial charge in [0.15, 0.2) is 0 Å². The third-order valence-electron chi connectivity index (χ3n) is 1.70. The minimum atomic E-state index is -1.30. The van der Waals surface area contributed by atoms with Crippen molar-refractivity contribution >= 4 is 23.6 Å². The van der Waals surface area contributed by atoms with E-state index in [0.29, 0.717) is 5.75 Å². The van der Waals surface area contributed by atoms with Gasteiger partial charge in [0, 0.05) is 0 Å². The highest BCUT2D eigenvalue weighted by Gasteiger charge is 2.11. The first-order chi connectivity index (χ1) is 7.07. The average molecular weight is 234 g/mol. The molecule has 0 spiro atoms. The Hall–Kier alpha value is -0.750. The van der Waals surface area contributed by atoms with E-state index in [9.17, 15) is 9.59 Å². The molecule has 88 valence electrons. The molecule has 0 saturated heterocycles. The quantitative estimate of drug-likeness (QED) is 0.493. The molecule has 0 fully saturated rings. The van der Waals surface area contributed by atoms with Crippen molar-refractivity contribution in [2.45, 2.75) is 25.9 Å². The number of hydrogen-bond donors (Lipinski definition) is 3. The molecule has 0 aromatic rings. The Labute approximate surface area is 93.8 Å². The number of carbonyl (C=O) groups is 2. The Bertz CT molecular complexity index is 212. The summed E-state index contributed by atoms with van der Waals surface area (Å²) in [5.74, 6) is 0.290. The maximum atomic E-state index is 11.1. The van der Waals surface area contributed by atoms with Gasteiger partial charge in [-0.25, -0.2) is 0 Å². The second-order valence-corrected chi connectivity index (χ2v) is 4.23. The number of thioether (sulfide) groups is 1. The molecule has 2 amide bonds. The molecular formula is C9H18N2O3S. The molecule has 6 heteroatoms. The maximum absolute atomic E-state index is 11.1. The van der Waals surface area contributed by atoms with Crippen LogP contribution in [0.25, 0.3) is 0 Å². The van der Waals surface area contributed by atoms with E-state index in [2.05, 4.69) is 12.2 Å². The normalized spacial score (nSPS) is 12.1. The van der Waals surface area contributed by atoms with Crippen molar-refractivity contribution in [3.63, 3.8) is 0 Å². The van der Waals surface area contributed by atoms with Crippen LogP contribution in [0, 0.1) is 0 Å². The van der Waals surface area contributed by atoms with E-state index in [0.717, 1.165) is 18.6 Å². The van der Waals surface area contributed by atoms with E-state index in [-0.39, 0.29) is 12.5 Å². The first kappa shape index (κ1) is 14.2. The van der Waals surface area contributed by atoms with Gasteiger partial charge in [0.2, 0.25) is 11.8 Å². The van der Waals surface area contributed by atoms with E-state index in [1.54, 1.807) is 0 Å². The van der Waals surface area contributed by atoms with Crippen molar-refractivity contribution in [1.29, 1.82) is 0 Å². The second kappa shape index (κ2) is 8.55. The number of amides is 2. The van der Waals surface area contributed by atoms with Crippen LogP contribution < -0.4 is 11.1 Å². The number of nitrogens with two attached hydrogens (primary N) is 1. The molecule has 1 unspecified atom stereocenters. The van der Waals surface area contributed by atoms with E-state index >= 15 is 0 Å². The largest absolute Gasteiger partial charge is 0.381 e. The van der Waals surface area contributed by atoms with Crippen LogP contribution in [0.1, 0.15) is 19.8 Å². The lowest BCUT2D eigenvalue weighted by molar-refractivity contribution is -0.126. The van der Waals surface area contributed by atoms with Gasteiger partial charge in [-0.05, 0) is 12.2 Å². The number of hydrogen-bond acceptors (Lipinski definition) is 4. The molecule has 0 aromatic carbocycles. The highest BCUT2D eigenvalue weighted by molar-refractivity contribution is 7.99. The molecule has 15 heavy (non-hydrogen) atoms. The van der Waals surface area contributed by atoms with Crippen molar-refractivity contribution < 1.29 is 14.7 Å². The summed E-state index contributed by atoms with van der Waals surface area (Å²) in [7, 11) is 0. The standard InChI is InChI=1S/C9H18N2O3S/c1-2-3-4-15-6-8(13)11-5-7(12)9(10)14/h7,12H,2-6H2,1H3,(H2,10,14)(H,11,13). The van der Waals surface area contributed by atoms with E-state index < -0.39 is 12.0 Å². The fourth-order valence-electron chi connectivity index (χ4n) is 0.773. The topological polar surface area (TPSA) is 92.4 Å². The summed E-state index contributed by atoms with van der Waals surface area (Å²) in [4.78, 5) is 21.6. The Morgan fingerprint density at radius 3 is 2.73 bits per heavy atom. The van der Waals surface area contributed by atoms with Crippen LogP contribution in [-0.2, 0) is 9.59 Å². The summed E-state index contributed by atoms with van der Waals surface area (Å²) in [5, 5.41) is 11.4. The van der Waals surface area contributed by atoms with Crippen molar-refractivity contribution in [3.05, 3.63) is 0 Å². The van der Waals surface area contributed by atoms with E-state index in [1.165, 1.54) is 11.8 Å². The molecule has 0 aliphatic carbocycles. The zero-order valence-corrected chi connectivity index (χ0v) is 9.68. The number of aliphatic hydroxyl groups is 1. The molecule has 0 saturated carbocycles. The number of nitrogens with one attached hydrogen (secondary N) is 1. The number of carbonyl (C=O) groups excluding carboxylic acids is 2. The maximum Gasteiger partial charge on any atom is 0.248 e. The van der Waals surface area contributed by atoms with Crippen LogP contribution in [0.2, 0.25) is 0 Å². The summed E-state index contributed by atoms with van der Waals surface area (Å²) in [5.41, 5.74) is 4.82. The molecule has 0 bridgehead atoms. The van der Waals surface area contributed by atoms with Gasteiger partial charge in [0.05, 0.1) is 12.3 Å². The molecule has 0 rings (SSSR count). The fraction of sp³-hybridized carbons (Fsp3) is 0.778. The highest BCUT2D eigenvalue weighted by atomic mass is 32.2. The van der Waals surface area contributed by atoms with Gasteiger partial charge in [-0.2, -0.15) is 11.8 Å². The molecule has 0 heterocycles. The SMILES string of the molecule is CCCCSCC(=O)NCC(O)C(N)=O. The van der Waals surface area contributed by atoms with Crippen molar-refractivity contribution in [2.75, 3.05) is 18.1 Å². The number of aliphatic hydroxyl groups excluding tert-OH is 1. The Balaban J connectivity index is 3.45. The summed E-state index contributed by atoms with van der Waals surface area (Å²) in [6.45, 7) is 1.98. The molecule has 0 aromatic heterocycles. The van der Waals surface area contributed by atoms with E-state index in [1.807, 2.05) is 0 Å². The minimum Gasteiger partial charge on any atom is -0.381 e.